The number of unbranched alkanes of at least 4 members (excludes halogenated alkanes) is 3. The maximum atomic E-state index is 12.5. The van der Waals surface area contributed by atoms with Crippen molar-refractivity contribution in [3.05, 3.63) is 23.5 Å². The third-order valence-electron chi connectivity index (χ3n) is 5.98. The van der Waals surface area contributed by atoms with Crippen LogP contribution < -0.4 is 0 Å². The number of carbonyl (C=O) groups is 1. The molecule has 0 aromatic heterocycles. The number of aliphatic imine (C=N–C) groups is 1. The molecular formula is C26H36N2O2. The van der Waals surface area contributed by atoms with Crippen LogP contribution in [0.15, 0.2) is 28.5 Å². The minimum atomic E-state index is -0.271. The molecule has 2 heterocycles. The second kappa shape index (κ2) is 11.7. The first-order valence-corrected chi connectivity index (χ1v) is 11.3. The third-order valence-corrected chi connectivity index (χ3v) is 5.98. The van der Waals surface area contributed by atoms with Gasteiger partial charge >= 0.3 is 0 Å². The molecule has 2 aliphatic heterocycles. The van der Waals surface area contributed by atoms with Crippen LogP contribution in [0.4, 0.5) is 0 Å². The Morgan fingerprint density at radius 3 is 2.73 bits per heavy atom. The van der Waals surface area contributed by atoms with E-state index in [-0.39, 0.29) is 29.7 Å². The molecule has 4 nitrogen and oxygen atoms in total. The summed E-state index contributed by atoms with van der Waals surface area (Å²) < 4.78 is 0. The molecule has 4 heteroatoms. The number of allylic oxidation sites excluding steroid dienone is 2. The number of nitrogens with zero attached hydrogens (tertiary/aromatic N) is 2. The normalized spacial score (nSPS) is 24.6. The first-order valence-electron chi connectivity index (χ1n) is 11.3. The van der Waals surface area contributed by atoms with E-state index in [1.165, 1.54) is 12.8 Å². The maximum absolute atomic E-state index is 12.5. The lowest BCUT2D eigenvalue weighted by molar-refractivity contribution is -0.125. The highest BCUT2D eigenvalue weighted by Gasteiger charge is 2.40. The number of likely N-dealkylation sites (N-methyl/N-ethyl adjacent to an activating group) is 1. The number of amides is 1. The molecular weight excluding hydrogens is 372 g/mol. The zero-order valence-electron chi connectivity index (χ0n) is 19.2. The van der Waals surface area contributed by atoms with Crippen molar-refractivity contribution in [1.82, 2.24) is 4.90 Å². The fourth-order valence-electron chi connectivity index (χ4n) is 4.02. The molecule has 1 N–H and O–H groups in total. The second-order valence-corrected chi connectivity index (χ2v) is 8.66. The van der Waals surface area contributed by atoms with E-state index in [0.717, 1.165) is 37.8 Å². The van der Waals surface area contributed by atoms with Crippen molar-refractivity contribution >= 4 is 11.6 Å². The van der Waals surface area contributed by atoms with Gasteiger partial charge in [0.25, 0.3) is 5.91 Å². The molecule has 0 saturated carbocycles. The van der Waals surface area contributed by atoms with Gasteiger partial charge in [-0.05, 0) is 56.4 Å². The van der Waals surface area contributed by atoms with Crippen LogP contribution in [0.5, 0.6) is 0 Å². The fraction of sp³-hybridized carbons (Fsp3) is 0.615. The van der Waals surface area contributed by atoms with Gasteiger partial charge < -0.3 is 10.0 Å². The molecule has 0 bridgehead atoms. The first kappa shape index (κ1) is 23.8. The first-order chi connectivity index (χ1) is 14.4. The Kier molecular flexibility index (Phi) is 9.25. The van der Waals surface area contributed by atoms with E-state index in [1.54, 1.807) is 11.9 Å². The summed E-state index contributed by atoms with van der Waals surface area (Å²) in [5, 5.41) is 10.4. The number of aliphatic hydroxyl groups excluding tert-OH is 1. The average molecular weight is 409 g/mol. The molecule has 4 atom stereocenters. The highest BCUT2D eigenvalue weighted by Crippen LogP contribution is 2.33. The predicted molar refractivity (Wildman–Crippen MR) is 124 cm³/mol. The number of aliphatic hydroxyl groups is 1. The monoisotopic (exact) mass is 408 g/mol. The van der Waals surface area contributed by atoms with E-state index in [2.05, 4.69) is 50.5 Å². The molecule has 0 unspecified atom stereocenters. The largest absolute Gasteiger partial charge is 0.509 e. The summed E-state index contributed by atoms with van der Waals surface area (Å²) in [4.78, 5) is 18.9. The summed E-state index contributed by atoms with van der Waals surface area (Å²) in [5.74, 6) is 12.6. The molecule has 2 rings (SSSR count). The van der Waals surface area contributed by atoms with Gasteiger partial charge in [0.1, 0.15) is 11.3 Å². The van der Waals surface area contributed by atoms with Crippen molar-refractivity contribution in [2.24, 2.45) is 16.8 Å². The van der Waals surface area contributed by atoms with Crippen molar-refractivity contribution < 1.29 is 9.90 Å². The van der Waals surface area contributed by atoms with Crippen LogP contribution in [0.3, 0.4) is 0 Å². The fourth-order valence-corrected chi connectivity index (χ4v) is 4.02. The number of hydrogen-bond acceptors (Lipinski definition) is 3. The van der Waals surface area contributed by atoms with Gasteiger partial charge in [-0.25, -0.2) is 0 Å². The van der Waals surface area contributed by atoms with Gasteiger partial charge in [0, 0.05) is 19.4 Å². The summed E-state index contributed by atoms with van der Waals surface area (Å²) in [6.07, 6.45) is 11.4. The highest BCUT2D eigenvalue weighted by atomic mass is 16.3. The maximum Gasteiger partial charge on any atom is 0.259 e. The van der Waals surface area contributed by atoms with Crippen LogP contribution in [-0.2, 0) is 4.79 Å². The molecule has 2 aliphatic rings. The molecule has 0 fully saturated rings. The van der Waals surface area contributed by atoms with E-state index < -0.39 is 0 Å². The molecule has 162 valence electrons. The summed E-state index contributed by atoms with van der Waals surface area (Å²) in [5.41, 5.74) is 1.21. The average Bonchev–Trinajstić information content (AvgIpc) is 3.15. The Labute approximate surface area is 182 Å². The Hall–Kier alpha value is -2.46. The third kappa shape index (κ3) is 6.27. The van der Waals surface area contributed by atoms with Crippen molar-refractivity contribution in [2.45, 2.75) is 84.7 Å². The minimum Gasteiger partial charge on any atom is -0.509 e. The lowest BCUT2D eigenvalue weighted by Crippen LogP contribution is -2.30. The van der Waals surface area contributed by atoms with Crippen molar-refractivity contribution in [2.75, 3.05) is 7.05 Å². The van der Waals surface area contributed by atoms with Gasteiger partial charge in [-0.15, -0.1) is 0 Å². The number of rotatable bonds is 8. The van der Waals surface area contributed by atoms with Crippen molar-refractivity contribution in [3.8, 4) is 23.7 Å². The summed E-state index contributed by atoms with van der Waals surface area (Å²) >= 11 is 0. The van der Waals surface area contributed by atoms with E-state index in [1.807, 2.05) is 13.0 Å². The van der Waals surface area contributed by atoms with E-state index >= 15 is 0 Å². The van der Waals surface area contributed by atoms with Crippen LogP contribution in [-0.4, -0.2) is 40.8 Å². The molecule has 0 spiro atoms. The van der Waals surface area contributed by atoms with Crippen molar-refractivity contribution in [3.63, 3.8) is 0 Å². The number of hydrogen-bond donors (Lipinski definition) is 1. The highest BCUT2D eigenvalue weighted by molar-refractivity contribution is 6.24. The SMILES string of the molecule is CCCCCC#CC#C/C=C/C[C@H](C)C[C@H]1C[C@@H](C)C(C2=C(O)[C@@H](C)N(C)C2=O)=N1. The quantitative estimate of drug-likeness (QED) is 0.450. The van der Waals surface area contributed by atoms with Crippen molar-refractivity contribution in [1.29, 1.82) is 0 Å². The summed E-state index contributed by atoms with van der Waals surface area (Å²) in [7, 11) is 1.73. The van der Waals surface area contributed by atoms with E-state index in [0.29, 0.717) is 11.5 Å². The molecule has 0 aromatic carbocycles. The Morgan fingerprint density at radius 2 is 2.07 bits per heavy atom. The topological polar surface area (TPSA) is 52.9 Å². The van der Waals surface area contributed by atoms with Gasteiger partial charge in [-0.3, -0.25) is 9.79 Å². The summed E-state index contributed by atoms with van der Waals surface area (Å²) in [6.45, 7) is 8.35. The van der Waals surface area contributed by atoms with Gasteiger partial charge in [0.15, 0.2) is 0 Å². The Morgan fingerprint density at radius 1 is 1.30 bits per heavy atom. The van der Waals surface area contributed by atoms with Crippen LogP contribution in [0.2, 0.25) is 0 Å². The molecule has 0 aromatic rings. The molecule has 0 radical (unpaired) electrons. The second-order valence-electron chi connectivity index (χ2n) is 8.66. The lowest BCUT2D eigenvalue weighted by Gasteiger charge is -2.15. The van der Waals surface area contributed by atoms with Gasteiger partial charge in [0.05, 0.1) is 17.8 Å². The van der Waals surface area contributed by atoms with Gasteiger partial charge in [-0.2, -0.15) is 0 Å². The van der Waals surface area contributed by atoms with Crippen LogP contribution in [0, 0.1) is 35.5 Å². The summed E-state index contributed by atoms with van der Waals surface area (Å²) in [6, 6.07) is -0.0690. The zero-order valence-corrected chi connectivity index (χ0v) is 19.2. The predicted octanol–water partition coefficient (Wildman–Crippen LogP) is 5.07. The van der Waals surface area contributed by atoms with Crippen LogP contribution in [0.25, 0.3) is 0 Å². The molecule has 0 saturated heterocycles. The molecule has 0 aliphatic carbocycles. The Balaban J connectivity index is 1.84. The lowest BCUT2D eigenvalue weighted by atomic mass is 9.92. The van der Waals surface area contributed by atoms with Crippen LogP contribution >= 0.6 is 0 Å². The zero-order chi connectivity index (χ0) is 22.1. The smallest absolute Gasteiger partial charge is 0.259 e. The van der Waals surface area contributed by atoms with Gasteiger partial charge in [-0.1, -0.05) is 51.5 Å². The molecule has 1 amide bonds. The van der Waals surface area contributed by atoms with E-state index in [9.17, 15) is 9.90 Å². The minimum absolute atomic E-state index is 0.116. The number of carbonyl (C=O) groups excluding carboxylic acids is 1. The molecule has 30 heavy (non-hydrogen) atoms. The standard InChI is InChI=1S/C26H36N2O2/c1-6-7-8-9-10-11-12-13-14-15-16-19(2)17-22-18-20(3)24(27-22)23-25(29)21(4)28(5)26(23)30/h14-15,19-22,29H,6-9,16-18H2,1-5H3/b15-14+/t19-,20+,21+,22-/m0/s1. The van der Waals surface area contributed by atoms with E-state index in [4.69, 9.17) is 4.99 Å². The van der Waals surface area contributed by atoms with Crippen LogP contribution in [0.1, 0.15) is 72.6 Å². The van der Waals surface area contributed by atoms with Gasteiger partial charge in [0.2, 0.25) is 0 Å². The Bertz CT molecular complexity index is 829.